The van der Waals surface area contributed by atoms with Crippen molar-refractivity contribution in [3.8, 4) is 0 Å². The lowest BCUT2D eigenvalue weighted by Crippen LogP contribution is -2.34. The Bertz CT molecular complexity index is 205. The van der Waals surface area contributed by atoms with Gasteiger partial charge in [-0.15, -0.1) is 0 Å². The number of ether oxygens (including phenoxy) is 1. The third-order valence-electron chi connectivity index (χ3n) is 3.16. The second-order valence-electron chi connectivity index (χ2n) is 4.34. The maximum Gasteiger partial charge on any atom is 0.152 e. The van der Waals surface area contributed by atoms with E-state index >= 15 is 0 Å². The third-order valence-corrected chi connectivity index (χ3v) is 3.16. The quantitative estimate of drug-likeness (QED) is 0.706. The molecular weight excluding hydrogens is 166 g/mol. The number of Topliss-reactive ketones (excluding diaryl/α,β-unsaturated/α-hetero) is 1. The van der Waals surface area contributed by atoms with E-state index in [1.807, 2.05) is 0 Å². The van der Waals surface area contributed by atoms with Gasteiger partial charge in [0.15, 0.2) is 5.78 Å². The van der Waals surface area contributed by atoms with Crippen LogP contribution in [0.3, 0.4) is 0 Å². The minimum Gasteiger partial charge on any atom is -0.381 e. The molecule has 0 spiro atoms. The number of ketones is 1. The molecule has 74 valence electrons. The second-order valence-corrected chi connectivity index (χ2v) is 4.34. The van der Waals surface area contributed by atoms with E-state index in [1.54, 1.807) is 0 Å². The van der Waals surface area contributed by atoms with Crippen molar-refractivity contribution in [1.29, 1.82) is 0 Å². The number of carbonyl (C=O) groups is 1. The molecule has 0 amide bonds. The Kier molecular flexibility index (Phi) is 2.39. The average Bonchev–Trinajstić information content (AvgIpc) is 2.87. The topological polar surface area (TPSA) is 52.3 Å². The lowest BCUT2D eigenvalue weighted by Gasteiger charge is -2.22. The first-order valence-electron chi connectivity index (χ1n) is 5.11. The van der Waals surface area contributed by atoms with Crippen molar-refractivity contribution in [3.63, 3.8) is 0 Å². The average molecular weight is 183 g/mol. The monoisotopic (exact) mass is 183 g/mol. The number of rotatable bonds is 3. The van der Waals surface area contributed by atoms with Crippen LogP contribution < -0.4 is 5.73 Å². The zero-order chi connectivity index (χ0) is 9.31. The highest BCUT2D eigenvalue weighted by molar-refractivity contribution is 5.91. The maximum absolute atomic E-state index is 11.6. The molecule has 2 fully saturated rings. The third kappa shape index (κ3) is 2.09. The predicted octanol–water partition coefficient (Wildman–Crippen LogP) is 0.863. The fraction of sp³-hybridized carbons (Fsp3) is 0.900. The van der Waals surface area contributed by atoms with Crippen LogP contribution in [0.25, 0.3) is 0 Å². The first kappa shape index (κ1) is 9.16. The molecule has 0 radical (unpaired) electrons. The van der Waals surface area contributed by atoms with Crippen molar-refractivity contribution < 1.29 is 9.53 Å². The Morgan fingerprint density at radius 1 is 1.38 bits per heavy atom. The summed E-state index contributed by atoms with van der Waals surface area (Å²) in [6.45, 7) is 1.63. The fourth-order valence-corrected chi connectivity index (χ4v) is 1.83. The lowest BCUT2D eigenvalue weighted by atomic mass is 9.91. The molecule has 3 heteroatoms. The molecular formula is C10H17NO2. The van der Waals surface area contributed by atoms with Gasteiger partial charge in [0.05, 0.1) is 5.54 Å². The van der Waals surface area contributed by atoms with Gasteiger partial charge in [0, 0.05) is 19.6 Å². The summed E-state index contributed by atoms with van der Waals surface area (Å²) >= 11 is 0. The van der Waals surface area contributed by atoms with Crippen LogP contribution in [0.4, 0.5) is 0 Å². The number of carbonyl (C=O) groups excluding carboxylic acids is 1. The Balaban J connectivity index is 1.79. The molecule has 1 saturated heterocycles. The van der Waals surface area contributed by atoms with Gasteiger partial charge in [-0.05, 0) is 31.6 Å². The van der Waals surface area contributed by atoms with E-state index in [1.165, 1.54) is 0 Å². The van der Waals surface area contributed by atoms with Crippen molar-refractivity contribution >= 4 is 5.78 Å². The molecule has 2 rings (SSSR count). The van der Waals surface area contributed by atoms with Gasteiger partial charge >= 0.3 is 0 Å². The first-order chi connectivity index (χ1) is 6.21. The van der Waals surface area contributed by atoms with E-state index in [4.69, 9.17) is 10.5 Å². The minimum atomic E-state index is -0.418. The molecule has 13 heavy (non-hydrogen) atoms. The van der Waals surface area contributed by atoms with Crippen LogP contribution in [0.5, 0.6) is 0 Å². The summed E-state index contributed by atoms with van der Waals surface area (Å²) < 4.78 is 5.24. The van der Waals surface area contributed by atoms with Gasteiger partial charge in [-0.2, -0.15) is 0 Å². The van der Waals surface area contributed by atoms with Crippen LogP contribution in [0.2, 0.25) is 0 Å². The Morgan fingerprint density at radius 2 is 2.00 bits per heavy atom. The Labute approximate surface area is 78.6 Å². The zero-order valence-corrected chi connectivity index (χ0v) is 7.92. The van der Waals surface area contributed by atoms with Crippen LogP contribution >= 0.6 is 0 Å². The van der Waals surface area contributed by atoms with E-state index < -0.39 is 5.54 Å². The molecule has 0 atom stereocenters. The van der Waals surface area contributed by atoms with Gasteiger partial charge in [-0.1, -0.05) is 0 Å². The van der Waals surface area contributed by atoms with Crippen molar-refractivity contribution in [2.75, 3.05) is 13.2 Å². The van der Waals surface area contributed by atoms with Crippen molar-refractivity contribution in [3.05, 3.63) is 0 Å². The molecule has 1 heterocycles. The van der Waals surface area contributed by atoms with Gasteiger partial charge in [-0.25, -0.2) is 0 Å². The van der Waals surface area contributed by atoms with Gasteiger partial charge in [0.1, 0.15) is 0 Å². The van der Waals surface area contributed by atoms with Crippen LogP contribution in [-0.4, -0.2) is 24.5 Å². The number of nitrogens with two attached hydrogens (primary N) is 1. The summed E-state index contributed by atoms with van der Waals surface area (Å²) in [5.41, 5.74) is 5.41. The highest BCUT2D eigenvalue weighted by atomic mass is 16.5. The minimum absolute atomic E-state index is 0.277. The summed E-state index contributed by atoms with van der Waals surface area (Å²) in [4.78, 5) is 11.6. The van der Waals surface area contributed by atoms with Crippen molar-refractivity contribution in [1.82, 2.24) is 0 Å². The summed E-state index contributed by atoms with van der Waals surface area (Å²) in [5.74, 6) is 0.807. The predicted molar refractivity (Wildman–Crippen MR) is 49.3 cm³/mol. The standard InChI is InChI=1S/C10H17NO2/c11-10(3-4-10)9(12)7-8-1-5-13-6-2-8/h8H,1-7,11H2. The molecule has 2 N–H and O–H groups in total. The highest BCUT2D eigenvalue weighted by Gasteiger charge is 2.45. The summed E-state index contributed by atoms with van der Waals surface area (Å²) in [7, 11) is 0. The van der Waals surface area contributed by atoms with E-state index in [0.717, 1.165) is 38.9 Å². The molecule has 0 aromatic heterocycles. The van der Waals surface area contributed by atoms with Crippen molar-refractivity contribution in [2.24, 2.45) is 11.7 Å². The van der Waals surface area contributed by atoms with E-state index in [9.17, 15) is 4.79 Å². The molecule has 2 aliphatic rings. The molecule has 3 nitrogen and oxygen atoms in total. The van der Waals surface area contributed by atoms with Gasteiger partial charge in [0.2, 0.25) is 0 Å². The molecule has 1 aliphatic carbocycles. The van der Waals surface area contributed by atoms with Crippen LogP contribution in [0, 0.1) is 5.92 Å². The zero-order valence-electron chi connectivity index (χ0n) is 7.92. The molecule has 1 saturated carbocycles. The maximum atomic E-state index is 11.6. The highest BCUT2D eigenvalue weighted by Crippen LogP contribution is 2.36. The van der Waals surface area contributed by atoms with E-state index in [-0.39, 0.29) is 5.78 Å². The smallest absolute Gasteiger partial charge is 0.152 e. The summed E-state index contributed by atoms with van der Waals surface area (Å²) in [6, 6.07) is 0. The Hall–Kier alpha value is -0.410. The summed E-state index contributed by atoms with van der Waals surface area (Å²) in [6.07, 6.45) is 4.54. The molecule has 0 aromatic carbocycles. The number of hydrogen-bond acceptors (Lipinski definition) is 3. The normalized spacial score (nSPS) is 27.2. The molecule has 0 aromatic rings. The second kappa shape index (κ2) is 3.39. The Morgan fingerprint density at radius 3 is 2.54 bits per heavy atom. The first-order valence-corrected chi connectivity index (χ1v) is 5.11. The largest absolute Gasteiger partial charge is 0.381 e. The summed E-state index contributed by atoms with van der Waals surface area (Å²) in [5, 5.41) is 0. The lowest BCUT2D eigenvalue weighted by molar-refractivity contribution is -0.122. The van der Waals surface area contributed by atoms with Crippen molar-refractivity contribution in [2.45, 2.75) is 37.6 Å². The van der Waals surface area contributed by atoms with Gasteiger partial charge in [-0.3, -0.25) is 4.79 Å². The van der Waals surface area contributed by atoms with Crippen LogP contribution in [0.15, 0.2) is 0 Å². The van der Waals surface area contributed by atoms with Crippen LogP contribution in [0.1, 0.15) is 32.1 Å². The van der Waals surface area contributed by atoms with Gasteiger partial charge in [0.25, 0.3) is 0 Å². The number of hydrogen-bond donors (Lipinski definition) is 1. The van der Waals surface area contributed by atoms with Gasteiger partial charge < -0.3 is 10.5 Å². The molecule has 1 aliphatic heterocycles. The SMILES string of the molecule is NC1(C(=O)CC2CCOCC2)CC1. The molecule has 0 unspecified atom stereocenters. The van der Waals surface area contributed by atoms with E-state index in [0.29, 0.717) is 12.3 Å². The van der Waals surface area contributed by atoms with Crippen LogP contribution in [-0.2, 0) is 9.53 Å². The fourth-order valence-electron chi connectivity index (χ4n) is 1.83. The molecule has 0 bridgehead atoms. The van der Waals surface area contributed by atoms with E-state index in [2.05, 4.69) is 0 Å².